The molecule has 438 valence electrons. The minimum Gasteiger partial charge on any atom is -0.462 e. The molecular formula is C71H118O6. The van der Waals surface area contributed by atoms with E-state index in [0.29, 0.717) is 19.3 Å². The molecule has 6 nitrogen and oxygen atoms in total. The molecule has 0 aliphatic rings. The third-order valence-electron chi connectivity index (χ3n) is 13.5. The van der Waals surface area contributed by atoms with Crippen LogP contribution in [0.3, 0.4) is 0 Å². The summed E-state index contributed by atoms with van der Waals surface area (Å²) in [5.41, 5.74) is 0. The molecule has 0 bridgehead atoms. The first kappa shape index (κ1) is 72.8. The summed E-state index contributed by atoms with van der Waals surface area (Å²) in [4.78, 5) is 38.2. The molecule has 0 N–H and O–H groups in total. The second-order valence-corrected chi connectivity index (χ2v) is 20.9. The van der Waals surface area contributed by atoms with Crippen LogP contribution in [0, 0.1) is 0 Å². The maximum atomic E-state index is 12.9. The number of hydrogen-bond acceptors (Lipinski definition) is 6. The monoisotopic (exact) mass is 1070 g/mol. The third kappa shape index (κ3) is 62.5. The van der Waals surface area contributed by atoms with E-state index in [9.17, 15) is 14.4 Å². The molecule has 0 fully saturated rings. The lowest BCUT2D eigenvalue weighted by Gasteiger charge is -2.18. The highest BCUT2D eigenvalue weighted by Crippen LogP contribution is 2.16. The van der Waals surface area contributed by atoms with E-state index in [1.807, 2.05) is 0 Å². The minimum atomic E-state index is -0.796. The average molecular weight is 1070 g/mol. The van der Waals surface area contributed by atoms with Crippen LogP contribution in [0.25, 0.3) is 0 Å². The zero-order chi connectivity index (χ0) is 55.7. The van der Waals surface area contributed by atoms with Crippen LogP contribution in [-0.2, 0) is 28.6 Å². The van der Waals surface area contributed by atoms with Gasteiger partial charge in [0.1, 0.15) is 13.2 Å². The van der Waals surface area contributed by atoms with E-state index < -0.39 is 6.10 Å². The van der Waals surface area contributed by atoms with Crippen molar-refractivity contribution in [1.82, 2.24) is 0 Å². The quantitative estimate of drug-likeness (QED) is 0.0261. The molecule has 0 aromatic rings. The Bertz CT molecular complexity index is 1600. The van der Waals surface area contributed by atoms with Crippen LogP contribution in [-0.4, -0.2) is 37.2 Å². The molecule has 0 rings (SSSR count). The number of carbonyl (C=O) groups excluding carboxylic acids is 3. The van der Waals surface area contributed by atoms with Crippen LogP contribution in [0.4, 0.5) is 0 Å². The molecule has 1 atom stereocenters. The van der Waals surface area contributed by atoms with Gasteiger partial charge in [-0.1, -0.05) is 284 Å². The van der Waals surface area contributed by atoms with Gasteiger partial charge in [-0.3, -0.25) is 14.4 Å². The van der Waals surface area contributed by atoms with Gasteiger partial charge < -0.3 is 14.2 Å². The molecule has 0 spiro atoms. The Morgan fingerprint density at radius 1 is 0.273 bits per heavy atom. The van der Waals surface area contributed by atoms with Crippen LogP contribution in [0.15, 0.2) is 122 Å². The number of hydrogen-bond donors (Lipinski definition) is 0. The predicted molar refractivity (Wildman–Crippen MR) is 334 cm³/mol. The molecule has 0 aromatic heterocycles. The smallest absolute Gasteiger partial charge is 0.306 e. The van der Waals surface area contributed by atoms with Gasteiger partial charge in [-0.2, -0.15) is 0 Å². The van der Waals surface area contributed by atoms with Crippen LogP contribution in [0.5, 0.6) is 0 Å². The molecule has 0 heterocycles. The molecular weight excluding hydrogens is 949 g/mol. The zero-order valence-electron chi connectivity index (χ0n) is 50.2. The minimum absolute atomic E-state index is 0.0927. The lowest BCUT2D eigenvalue weighted by atomic mass is 10.0. The van der Waals surface area contributed by atoms with Gasteiger partial charge in [-0.25, -0.2) is 0 Å². The van der Waals surface area contributed by atoms with Gasteiger partial charge in [-0.05, 0) is 109 Å². The van der Waals surface area contributed by atoms with Crippen LogP contribution < -0.4 is 0 Å². The summed E-state index contributed by atoms with van der Waals surface area (Å²) in [5.74, 6) is -0.930. The average Bonchev–Trinajstić information content (AvgIpc) is 3.43. The predicted octanol–water partition coefficient (Wildman–Crippen LogP) is 22.0. The van der Waals surface area contributed by atoms with Gasteiger partial charge in [0.25, 0.3) is 0 Å². The third-order valence-corrected chi connectivity index (χ3v) is 13.5. The Labute approximate surface area is 475 Å². The van der Waals surface area contributed by atoms with Crippen molar-refractivity contribution in [2.24, 2.45) is 0 Å². The number of allylic oxidation sites excluding steroid dienone is 20. The molecule has 0 amide bonds. The molecule has 1 unspecified atom stereocenters. The fourth-order valence-corrected chi connectivity index (χ4v) is 8.65. The summed E-state index contributed by atoms with van der Waals surface area (Å²) in [6.45, 7) is 6.47. The molecule has 77 heavy (non-hydrogen) atoms. The summed E-state index contributed by atoms with van der Waals surface area (Å²) in [5, 5.41) is 0. The second kappa shape index (κ2) is 64.3. The van der Waals surface area contributed by atoms with Crippen molar-refractivity contribution < 1.29 is 28.6 Å². The summed E-state index contributed by atoms with van der Waals surface area (Å²) in [7, 11) is 0. The number of unbranched alkanes of at least 4 members (excludes halogenated alkanes) is 26. The van der Waals surface area contributed by atoms with E-state index in [2.05, 4.69) is 142 Å². The highest BCUT2D eigenvalue weighted by atomic mass is 16.6. The summed E-state index contributed by atoms with van der Waals surface area (Å²) < 4.78 is 16.9. The number of carbonyl (C=O) groups is 3. The molecule has 0 saturated carbocycles. The normalized spacial score (nSPS) is 12.9. The summed E-state index contributed by atoms with van der Waals surface area (Å²) in [6.07, 6.45) is 89.2. The van der Waals surface area contributed by atoms with Crippen LogP contribution in [0.1, 0.15) is 290 Å². The zero-order valence-corrected chi connectivity index (χ0v) is 50.2. The Morgan fingerprint density at radius 3 is 0.857 bits per heavy atom. The standard InChI is InChI=1S/C71H118O6/c1-4-7-10-13-16-19-22-24-26-28-29-30-31-32-33-34-35-36-37-38-39-40-41-43-44-46-49-52-55-58-61-64-70(73)76-67-68(66-75-69(72)63-60-57-54-51-48-21-18-15-12-9-6-3)77-71(74)65-62-59-56-53-50-47-45-42-27-25-23-20-17-14-11-8-5-2/h7,10,15-16,18-19,24,26,29-30,32-33,35-36,38-39,41,43,46,49,68H,4-6,8-9,11-14,17,20-23,25,27-28,31,34,37,40,42,44-45,47-48,50-67H2,1-3H3/b10-7-,18-15-,19-16-,26-24-,30-29-,33-32-,36-35-,39-38-,43-41-,49-46-. The first-order valence-corrected chi connectivity index (χ1v) is 32.0. The van der Waals surface area contributed by atoms with E-state index in [4.69, 9.17) is 14.2 Å². The van der Waals surface area contributed by atoms with Crippen LogP contribution in [0.2, 0.25) is 0 Å². The van der Waals surface area contributed by atoms with E-state index in [0.717, 1.165) is 135 Å². The Balaban J connectivity index is 4.34. The number of ether oxygens (including phenoxy) is 3. The second-order valence-electron chi connectivity index (χ2n) is 20.9. The topological polar surface area (TPSA) is 78.9 Å². The fourth-order valence-electron chi connectivity index (χ4n) is 8.65. The van der Waals surface area contributed by atoms with Gasteiger partial charge >= 0.3 is 17.9 Å². The van der Waals surface area contributed by atoms with E-state index in [1.165, 1.54) is 116 Å². The van der Waals surface area contributed by atoms with Gasteiger partial charge in [0.05, 0.1) is 0 Å². The molecule has 0 aliphatic carbocycles. The van der Waals surface area contributed by atoms with Crippen molar-refractivity contribution >= 4 is 17.9 Å². The van der Waals surface area contributed by atoms with Gasteiger partial charge in [0.2, 0.25) is 0 Å². The van der Waals surface area contributed by atoms with Crippen molar-refractivity contribution in [2.45, 2.75) is 297 Å². The summed E-state index contributed by atoms with van der Waals surface area (Å²) in [6, 6.07) is 0. The van der Waals surface area contributed by atoms with Crippen molar-refractivity contribution in [1.29, 1.82) is 0 Å². The lowest BCUT2D eigenvalue weighted by Crippen LogP contribution is -2.30. The maximum absolute atomic E-state index is 12.9. The summed E-state index contributed by atoms with van der Waals surface area (Å²) >= 11 is 0. The molecule has 0 aliphatic heterocycles. The maximum Gasteiger partial charge on any atom is 0.306 e. The first-order valence-electron chi connectivity index (χ1n) is 32.0. The highest BCUT2D eigenvalue weighted by molar-refractivity contribution is 5.71. The molecule has 0 saturated heterocycles. The van der Waals surface area contributed by atoms with Crippen molar-refractivity contribution in [3.05, 3.63) is 122 Å². The number of rotatable bonds is 57. The largest absolute Gasteiger partial charge is 0.462 e. The Morgan fingerprint density at radius 2 is 0.519 bits per heavy atom. The SMILES string of the molecule is CC/C=C\C/C=C\C/C=C\C/C=C\C/C=C\C/C=C\C/C=C\C/C=C\C/C=C\CCCCCC(=O)OCC(COC(=O)CCCCCCC/C=C\CCCC)OC(=O)CCCCCCCCCCCCCCCCCCC. The van der Waals surface area contributed by atoms with Crippen molar-refractivity contribution in [3.8, 4) is 0 Å². The van der Waals surface area contributed by atoms with E-state index >= 15 is 0 Å². The molecule has 6 heteroatoms. The number of esters is 3. The van der Waals surface area contributed by atoms with Crippen molar-refractivity contribution in [2.75, 3.05) is 13.2 Å². The highest BCUT2D eigenvalue weighted by Gasteiger charge is 2.19. The first-order chi connectivity index (χ1) is 38.0. The van der Waals surface area contributed by atoms with Gasteiger partial charge in [0.15, 0.2) is 6.10 Å². The molecule has 0 aromatic carbocycles. The Hall–Kier alpha value is -4.19. The van der Waals surface area contributed by atoms with Crippen molar-refractivity contribution in [3.63, 3.8) is 0 Å². The van der Waals surface area contributed by atoms with Crippen LogP contribution >= 0.6 is 0 Å². The van der Waals surface area contributed by atoms with E-state index in [-0.39, 0.29) is 31.1 Å². The van der Waals surface area contributed by atoms with Gasteiger partial charge in [0, 0.05) is 19.3 Å². The van der Waals surface area contributed by atoms with E-state index in [1.54, 1.807) is 0 Å². The fraction of sp³-hybridized carbons (Fsp3) is 0.676. The van der Waals surface area contributed by atoms with Gasteiger partial charge in [-0.15, -0.1) is 0 Å². The molecule has 0 radical (unpaired) electrons. The Kier molecular flexibility index (Phi) is 60.8. The lowest BCUT2D eigenvalue weighted by molar-refractivity contribution is -0.167.